The van der Waals surface area contributed by atoms with Gasteiger partial charge in [-0.3, -0.25) is 4.90 Å². The first-order chi connectivity index (χ1) is 8.06. The quantitative estimate of drug-likeness (QED) is 0.855. The molecule has 2 N–H and O–H groups in total. The van der Waals surface area contributed by atoms with Crippen LogP contribution < -0.4 is 5.73 Å². The predicted octanol–water partition coefficient (Wildman–Crippen LogP) is 2.26. The van der Waals surface area contributed by atoms with E-state index in [0.717, 1.165) is 32.5 Å². The van der Waals surface area contributed by atoms with Crippen molar-refractivity contribution < 1.29 is 0 Å². The summed E-state index contributed by atoms with van der Waals surface area (Å²) in [5, 5.41) is 1.23. The first-order valence-corrected chi connectivity index (χ1v) is 7.23. The minimum absolute atomic E-state index is 0.445. The lowest BCUT2D eigenvalue weighted by atomic mass is 9.97. The second kappa shape index (κ2) is 5.42. The summed E-state index contributed by atoms with van der Waals surface area (Å²) in [5.41, 5.74) is 6.86. The maximum absolute atomic E-state index is 5.69. The largest absolute Gasteiger partial charge is 0.393 e. The van der Waals surface area contributed by atoms with Crippen LogP contribution in [0.5, 0.6) is 0 Å². The van der Waals surface area contributed by atoms with E-state index in [4.69, 9.17) is 18.0 Å². The fraction of sp³-hybridized carbons (Fsp3) is 0.667. The van der Waals surface area contributed by atoms with Crippen LogP contribution >= 0.6 is 23.6 Å². The van der Waals surface area contributed by atoms with Crippen molar-refractivity contribution in [1.82, 2.24) is 9.88 Å². The van der Waals surface area contributed by atoms with Crippen molar-refractivity contribution in [3.63, 3.8) is 0 Å². The van der Waals surface area contributed by atoms with Crippen molar-refractivity contribution in [3.8, 4) is 0 Å². The molecule has 1 aromatic rings. The minimum atomic E-state index is 0.445. The molecule has 2 rings (SSSR count). The van der Waals surface area contributed by atoms with E-state index in [9.17, 15) is 0 Å². The van der Waals surface area contributed by atoms with E-state index in [0.29, 0.717) is 10.9 Å². The topological polar surface area (TPSA) is 42.2 Å². The monoisotopic (exact) mass is 269 g/mol. The Labute approximate surface area is 112 Å². The van der Waals surface area contributed by atoms with Gasteiger partial charge in [0.15, 0.2) is 0 Å². The van der Waals surface area contributed by atoms with Crippen LogP contribution in [0.3, 0.4) is 0 Å². The van der Waals surface area contributed by atoms with Crippen molar-refractivity contribution >= 4 is 28.5 Å². The third-order valence-electron chi connectivity index (χ3n) is 3.42. The molecule has 0 aromatic carbocycles. The number of aryl methyl sites for hydroxylation is 2. The highest BCUT2D eigenvalue weighted by Crippen LogP contribution is 2.22. The van der Waals surface area contributed by atoms with E-state index in [1.165, 1.54) is 15.6 Å². The average Bonchev–Trinajstić information content (AvgIpc) is 2.58. The molecule has 2 heterocycles. The number of nitrogens with two attached hydrogens (primary N) is 1. The van der Waals surface area contributed by atoms with Gasteiger partial charge in [0, 0.05) is 10.8 Å². The number of thiocarbonyl (C=S) groups is 1. The maximum atomic E-state index is 5.69. The molecule has 0 atom stereocenters. The predicted molar refractivity (Wildman–Crippen MR) is 76.4 cm³/mol. The number of hydrogen-bond donors (Lipinski definition) is 1. The molecular formula is C12H19N3S2. The van der Waals surface area contributed by atoms with Crippen LogP contribution in [0.4, 0.5) is 0 Å². The third kappa shape index (κ3) is 3.24. The molecule has 0 unspecified atom stereocenters. The zero-order valence-electron chi connectivity index (χ0n) is 10.4. The second-order valence-electron chi connectivity index (χ2n) is 4.70. The molecule has 1 aliphatic heterocycles. The average molecular weight is 269 g/mol. The van der Waals surface area contributed by atoms with Crippen LogP contribution in [0.1, 0.15) is 28.4 Å². The van der Waals surface area contributed by atoms with Gasteiger partial charge in [-0.2, -0.15) is 0 Å². The molecule has 3 nitrogen and oxygen atoms in total. The summed E-state index contributed by atoms with van der Waals surface area (Å²) in [5.74, 6) is 0.445. The van der Waals surface area contributed by atoms with E-state index in [1.807, 2.05) is 11.3 Å². The van der Waals surface area contributed by atoms with Crippen LogP contribution in [0, 0.1) is 19.8 Å². The highest BCUT2D eigenvalue weighted by molar-refractivity contribution is 7.80. The van der Waals surface area contributed by atoms with Crippen LogP contribution in [-0.2, 0) is 6.54 Å². The third-order valence-corrected chi connectivity index (χ3v) is 4.81. The van der Waals surface area contributed by atoms with Gasteiger partial charge < -0.3 is 5.73 Å². The van der Waals surface area contributed by atoms with Crippen LogP contribution in [0.2, 0.25) is 0 Å². The Morgan fingerprint density at radius 2 is 2.12 bits per heavy atom. The lowest BCUT2D eigenvalue weighted by Gasteiger charge is -2.30. The smallest absolute Gasteiger partial charge is 0.107 e. The number of likely N-dealkylation sites (tertiary alicyclic amines) is 1. The van der Waals surface area contributed by atoms with Crippen molar-refractivity contribution in [2.45, 2.75) is 33.2 Å². The molecule has 0 aliphatic carbocycles. The van der Waals surface area contributed by atoms with Gasteiger partial charge in [0.05, 0.1) is 17.2 Å². The van der Waals surface area contributed by atoms with Gasteiger partial charge in [-0.15, -0.1) is 11.3 Å². The summed E-state index contributed by atoms with van der Waals surface area (Å²) in [6.07, 6.45) is 2.19. The standard InChI is InChI=1S/C12H19N3S2/c1-8-9(2)17-11(14-8)7-15-5-3-10(4-6-15)12(13)16/h10H,3-7H2,1-2H3,(H2,13,16). The Morgan fingerprint density at radius 1 is 1.47 bits per heavy atom. The number of nitrogens with zero attached hydrogens (tertiary/aromatic N) is 2. The molecule has 0 bridgehead atoms. The number of piperidine rings is 1. The highest BCUT2D eigenvalue weighted by Gasteiger charge is 2.21. The highest BCUT2D eigenvalue weighted by atomic mass is 32.1. The molecule has 0 saturated carbocycles. The van der Waals surface area contributed by atoms with E-state index in [1.54, 1.807) is 0 Å². The van der Waals surface area contributed by atoms with Gasteiger partial charge in [0.2, 0.25) is 0 Å². The van der Waals surface area contributed by atoms with Crippen LogP contribution in [0.25, 0.3) is 0 Å². The molecule has 1 aromatic heterocycles. The maximum Gasteiger partial charge on any atom is 0.107 e. The van der Waals surface area contributed by atoms with Gasteiger partial charge in [-0.05, 0) is 39.8 Å². The van der Waals surface area contributed by atoms with E-state index < -0.39 is 0 Å². The molecule has 0 amide bonds. The zero-order valence-corrected chi connectivity index (χ0v) is 12.0. The molecule has 1 aliphatic rings. The minimum Gasteiger partial charge on any atom is -0.393 e. The summed E-state index contributed by atoms with van der Waals surface area (Å²) >= 11 is 6.87. The molecule has 0 radical (unpaired) electrons. The zero-order chi connectivity index (χ0) is 12.4. The Morgan fingerprint density at radius 3 is 2.59 bits per heavy atom. The van der Waals surface area contributed by atoms with E-state index >= 15 is 0 Å². The molecule has 0 spiro atoms. The van der Waals surface area contributed by atoms with Crippen molar-refractivity contribution in [1.29, 1.82) is 0 Å². The fourth-order valence-electron chi connectivity index (χ4n) is 2.17. The van der Waals surface area contributed by atoms with Gasteiger partial charge in [0.25, 0.3) is 0 Å². The van der Waals surface area contributed by atoms with Crippen LogP contribution in [-0.4, -0.2) is 28.0 Å². The van der Waals surface area contributed by atoms with E-state index in [2.05, 4.69) is 23.7 Å². The number of thiazole rings is 1. The normalized spacial score (nSPS) is 18.5. The Kier molecular flexibility index (Phi) is 4.12. The first-order valence-electron chi connectivity index (χ1n) is 6.01. The van der Waals surface area contributed by atoms with Crippen molar-refractivity contribution in [2.75, 3.05) is 13.1 Å². The summed E-state index contributed by atoms with van der Waals surface area (Å²) in [6.45, 7) is 7.35. The van der Waals surface area contributed by atoms with E-state index in [-0.39, 0.29) is 0 Å². The van der Waals surface area contributed by atoms with Gasteiger partial charge in [-0.1, -0.05) is 12.2 Å². The molecule has 1 fully saturated rings. The number of aromatic nitrogens is 1. The van der Waals surface area contributed by atoms with Crippen molar-refractivity contribution in [2.24, 2.45) is 11.7 Å². The Balaban J connectivity index is 1.88. The van der Waals surface area contributed by atoms with Gasteiger partial charge >= 0.3 is 0 Å². The fourth-order valence-corrected chi connectivity index (χ4v) is 3.39. The van der Waals surface area contributed by atoms with Gasteiger partial charge in [0.1, 0.15) is 5.01 Å². The Hall–Kier alpha value is -0.520. The Bertz CT molecular complexity index is 386. The molecule has 1 saturated heterocycles. The lowest BCUT2D eigenvalue weighted by molar-refractivity contribution is 0.202. The SMILES string of the molecule is Cc1nc(CN2CCC(C(N)=S)CC2)sc1C. The summed E-state index contributed by atoms with van der Waals surface area (Å²) in [6, 6.07) is 0. The number of hydrogen-bond acceptors (Lipinski definition) is 4. The number of rotatable bonds is 3. The summed E-state index contributed by atoms with van der Waals surface area (Å²) in [7, 11) is 0. The molecular weight excluding hydrogens is 250 g/mol. The summed E-state index contributed by atoms with van der Waals surface area (Å²) < 4.78 is 0. The first kappa shape index (κ1) is 12.9. The van der Waals surface area contributed by atoms with Gasteiger partial charge in [-0.25, -0.2) is 4.98 Å². The molecule has 17 heavy (non-hydrogen) atoms. The van der Waals surface area contributed by atoms with Crippen LogP contribution in [0.15, 0.2) is 0 Å². The molecule has 5 heteroatoms. The van der Waals surface area contributed by atoms with Crippen molar-refractivity contribution in [3.05, 3.63) is 15.6 Å². The second-order valence-corrected chi connectivity index (χ2v) is 6.46. The summed E-state index contributed by atoms with van der Waals surface area (Å²) in [4.78, 5) is 9.05. The lowest BCUT2D eigenvalue weighted by Crippen LogP contribution is -2.37. The molecule has 94 valence electrons.